The van der Waals surface area contributed by atoms with Gasteiger partial charge in [-0.3, -0.25) is 0 Å². The Kier molecular flexibility index (Phi) is 2.20. The Morgan fingerprint density at radius 2 is 1.88 bits per heavy atom. The van der Waals surface area contributed by atoms with Crippen LogP contribution in [0.25, 0.3) is 0 Å². The molecule has 3 rings (SSSR count). The number of benzene rings is 1. The van der Waals surface area contributed by atoms with Gasteiger partial charge in [-0.15, -0.1) is 0 Å². The minimum absolute atomic E-state index is 0.338. The van der Waals surface area contributed by atoms with Crippen molar-refractivity contribution in [2.75, 3.05) is 5.32 Å². The molecule has 0 bridgehead atoms. The van der Waals surface area contributed by atoms with Gasteiger partial charge in [0.1, 0.15) is 11.6 Å². The lowest BCUT2D eigenvalue weighted by Crippen LogP contribution is -2.43. The summed E-state index contributed by atoms with van der Waals surface area (Å²) in [6.07, 6.45) is 6.65. The number of hydrogen-bond acceptors (Lipinski definition) is 1. The van der Waals surface area contributed by atoms with E-state index in [1.54, 1.807) is 0 Å². The van der Waals surface area contributed by atoms with Crippen molar-refractivity contribution < 1.29 is 8.78 Å². The number of fused-ring (bicyclic) bond motifs is 1. The largest absolute Gasteiger partial charge is 0.382 e. The van der Waals surface area contributed by atoms with Crippen LogP contribution in [0.15, 0.2) is 30.4 Å². The van der Waals surface area contributed by atoms with Gasteiger partial charge in [-0.25, -0.2) is 8.78 Å². The SMILES string of the molecule is Fc1cc(F)cc(NC2CC3CC=CC32)c1. The van der Waals surface area contributed by atoms with Gasteiger partial charge in [0.2, 0.25) is 0 Å². The zero-order valence-corrected chi connectivity index (χ0v) is 8.79. The Bertz CT molecular complexity index is 421. The monoisotopic (exact) mass is 221 g/mol. The van der Waals surface area contributed by atoms with E-state index in [0.717, 1.165) is 24.8 Å². The molecule has 1 nitrogen and oxygen atoms in total. The molecule has 1 N–H and O–H groups in total. The van der Waals surface area contributed by atoms with Gasteiger partial charge in [0.25, 0.3) is 0 Å². The summed E-state index contributed by atoms with van der Waals surface area (Å²) >= 11 is 0. The molecule has 3 atom stereocenters. The lowest BCUT2D eigenvalue weighted by atomic mass is 9.71. The van der Waals surface area contributed by atoms with Crippen molar-refractivity contribution in [3.8, 4) is 0 Å². The average Bonchev–Trinajstić information content (AvgIpc) is 2.55. The van der Waals surface area contributed by atoms with Gasteiger partial charge in [0.05, 0.1) is 0 Å². The van der Waals surface area contributed by atoms with E-state index in [0.29, 0.717) is 17.6 Å². The predicted octanol–water partition coefficient (Wildman–Crippen LogP) is 3.34. The van der Waals surface area contributed by atoms with Crippen molar-refractivity contribution in [2.45, 2.75) is 18.9 Å². The molecule has 0 saturated heterocycles. The van der Waals surface area contributed by atoms with Gasteiger partial charge in [-0.1, -0.05) is 12.2 Å². The minimum Gasteiger partial charge on any atom is -0.382 e. The summed E-state index contributed by atoms with van der Waals surface area (Å²) in [4.78, 5) is 0. The first-order valence-electron chi connectivity index (χ1n) is 5.62. The van der Waals surface area contributed by atoms with Crippen molar-refractivity contribution in [3.63, 3.8) is 0 Å². The van der Waals surface area contributed by atoms with Gasteiger partial charge in [0, 0.05) is 23.7 Å². The first-order valence-corrected chi connectivity index (χ1v) is 5.62. The molecule has 2 aliphatic rings. The number of rotatable bonds is 2. The molecular formula is C13H13F2N. The molecule has 1 aromatic rings. The molecule has 1 aromatic carbocycles. The van der Waals surface area contributed by atoms with E-state index in [2.05, 4.69) is 17.5 Å². The van der Waals surface area contributed by atoms with Crippen LogP contribution in [0.1, 0.15) is 12.8 Å². The van der Waals surface area contributed by atoms with E-state index >= 15 is 0 Å². The average molecular weight is 221 g/mol. The van der Waals surface area contributed by atoms with E-state index in [1.165, 1.54) is 12.1 Å². The highest BCUT2D eigenvalue weighted by molar-refractivity contribution is 5.46. The van der Waals surface area contributed by atoms with E-state index < -0.39 is 11.6 Å². The van der Waals surface area contributed by atoms with E-state index in [-0.39, 0.29) is 0 Å². The van der Waals surface area contributed by atoms with Gasteiger partial charge < -0.3 is 5.32 Å². The molecule has 16 heavy (non-hydrogen) atoms. The second-order valence-electron chi connectivity index (χ2n) is 4.65. The number of allylic oxidation sites excluding steroid dienone is 1. The van der Waals surface area contributed by atoms with Gasteiger partial charge >= 0.3 is 0 Å². The summed E-state index contributed by atoms with van der Waals surface area (Å²) in [5, 5.41) is 3.20. The fourth-order valence-electron chi connectivity index (χ4n) is 2.73. The molecule has 0 spiro atoms. The van der Waals surface area contributed by atoms with Crippen LogP contribution in [0.4, 0.5) is 14.5 Å². The maximum absolute atomic E-state index is 13.0. The molecular weight excluding hydrogens is 208 g/mol. The molecule has 0 amide bonds. The molecule has 1 saturated carbocycles. The summed E-state index contributed by atoms with van der Waals surface area (Å²) in [7, 11) is 0. The van der Waals surface area contributed by atoms with Gasteiger partial charge in [0.15, 0.2) is 0 Å². The van der Waals surface area contributed by atoms with E-state index in [4.69, 9.17) is 0 Å². The topological polar surface area (TPSA) is 12.0 Å². The number of halogens is 2. The fraction of sp³-hybridized carbons (Fsp3) is 0.385. The van der Waals surface area contributed by atoms with Crippen LogP contribution in [0.2, 0.25) is 0 Å². The van der Waals surface area contributed by atoms with Crippen molar-refractivity contribution in [3.05, 3.63) is 42.0 Å². The Morgan fingerprint density at radius 3 is 2.56 bits per heavy atom. The van der Waals surface area contributed by atoms with Crippen LogP contribution in [-0.4, -0.2) is 6.04 Å². The first kappa shape index (κ1) is 9.82. The summed E-state index contributed by atoms with van der Waals surface area (Å²) < 4.78 is 25.9. The quantitative estimate of drug-likeness (QED) is 0.755. The van der Waals surface area contributed by atoms with Crippen molar-refractivity contribution in [1.29, 1.82) is 0 Å². The third kappa shape index (κ3) is 1.60. The second-order valence-corrected chi connectivity index (χ2v) is 4.65. The Balaban J connectivity index is 1.72. The molecule has 84 valence electrons. The van der Waals surface area contributed by atoms with Crippen LogP contribution in [-0.2, 0) is 0 Å². The van der Waals surface area contributed by atoms with Gasteiger partial charge in [-0.2, -0.15) is 0 Å². The summed E-state index contributed by atoms with van der Waals surface area (Å²) in [5.41, 5.74) is 0.543. The summed E-state index contributed by atoms with van der Waals surface area (Å²) in [5.74, 6) is 0.239. The second kappa shape index (κ2) is 3.58. The Labute approximate surface area is 93.2 Å². The third-order valence-corrected chi connectivity index (χ3v) is 3.58. The molecule has 2 aliphatic carbocycles. The zero-order chi connectivity index (χ0) is 11.1. The first-order chi connectivity index (χ1) is 7.72. The Hall–Kier alpha value is -1.38. The fourth-order valence-corrected chi connectivity index (χ4v) is 2.73. The summed E-state index contributed by atoms with van der Waals surface area (Å²) in [6.45, 7) is 0. The molecule has 0 radical (unpaired) electrons. The molecule has 3 unspecified atom stereocenters. The minimum atomic E-state index is -0.527. The highest BCUT2D eigenvalue weighted by Crippen LogP contribution is 2.44. The maximum atomic E-state index is 13.0. The molecule has 1 fully saturated rings. The van der Waals surface area contributed by atoms with Crippen LogP contribution < -0.4 is 5.32 Å². The van der Waals surface area contributed by atoms with E-state index in [9.17, 15) is 8.78 Å². The van der Waals surface area contributed by atoms with Crippen LogP contribution in [0.5, 0.6) is 0 Å². The number of anilines is 1. The predicted molar refractivity (Wildman–Crippen MR) is 59.1 cm³/mol. The Morgan fingerprint density at radius 1 is 1.12 bits per heavy atom. The number of nitrogens with one attached hydrogen (secondary N) is 1. The normalized spacial score (nSPS) is 31.0. The highest BCUT2D eigenvalue weighted by Gasteiger charge is 2.40. The van der Waals surface area contributed by atoms with Crippen molar-refractivity contribution >= 4 is 5.69 Å². The molecule has 0 aromatic heterocycles. The summed E-state index contributed by atoms with van der Waals surface area (Å²) in [6, 6.07) is 3.92. The van der Waals surface area contributed by atoms with Gasteiger partial charge in [-0.05, 0) is 30.9 Å². The van der Waals surface area contributed by atoms with Crippen LogP contribution >= 0.6 is 0 Å². The van der Waals surface area contributed by atoms with Crippen LogP contribution in [0, 0.1) is 23.5 Å². The molecule has 0 heterocycles. The standard InChI is InChI=1S/C13H13F2N/c14-9-5-10(15)7-11(6-9)16-13-4-8-2-1-3-12(8)13/h1,3,5-8,12-13,16H,2,4H2. The maximum Gasteiger partial charge on any atom is 0.128 e. The van der Waals surface area contributed by atoms with Crippen molar-refractivity contribution in [1.82, 2.24) is 0 Å². The molecule has 3 heteroatoms. The third-order valence-electron chi connectivity index (χ3n) is 3.58. The van der Waals surface area contributed by atoms with E-state index in [1.807, 2.05) is 0 Å². The lowest BCUT2D eigenvalue weighted by molar-refractivity contribution is 0.218. The number of hydrogen-bond donors (Lipinski definition) is 1. The lowest BCUT2D eigenvalue weighted by Gasteiger charge is -2.41. The highest BCUT2D eigenvalue weighted by atomic mass is 19.1. The van der Waals surface area contributed by atoms with Crippen molar-refractivity contribution in [2.24, 2.45) is 11.8 Å². The zero-order valence-electron chi connectivity index (χ0n) is 8.79. The molecule has 0 aliphatic heterocycles. The smallest absolute Gasteiger partial charge is 0.128 e. The van der Waals surface area contributed by atoms with Crippen LogP contribution in [0.3, 0.4) is 0 Å².